The zero-order chi connectivity index (χ0) is 13.4. The lowest BCUT2D eigenvalue weighted by Gasteiger charge is -2.19. The van der Waals surface area contributed by atoms with Crippen LogP contribution >= 0.6 is 11.6 Å². The molecule has 0 heterocycles. The van der Waals surface area contributed by atoms with Crippen molar-refractivity contribution in [2.75, 3.05) is 33.4 Å². The molecule has 2 N–H and O–H groups in total. The van der Waals surface area contributed by atoms with Gasteiger partial charge in [0.15, 0.2) is 0 Å². The molecule has 4 heteroatoms. The van der Waals surface area contributed by atoms with Crippen LogP contribution in [0.15, 0.2) is 24.3 Å². The van der Waals surface area contributed by atoms with Crippen molar-refractivity contribution in [3.8, 4) is 0 Å². The monoisotopic (exact) mass is 270 g/mol. The summed E-state index contributed by atoms with van der Waals surface area (Å²) < 4.78 is 5.32. The molecule has 1 atom stereocenters. The van der Waals surface area contributed by atoms with Crippen LogP contribution in [0.2, 0.25) is 5.02 Å². The van der Waals surface area contributed by atoms with Crippen LogP contribution < -0.4 is 5.73 Å². The minimum absolute atomic E-state index is 0.0665. The van der Waals surface area contributed by atoms with E-state index >= 15 is 0 Å². The van der Waals surface area contributed by atoms with Crippen LogP contribution in [0.25, 0.3) is 0 Å². The number of hydrogen-bond acceptors (Lipinski definition) is 3. The Morgan fingerprint density at radius 2 is 1.94 bits per heavy atom. The molecular formula is C14H23ClN2O. The second-order valence-electron chi connectivity index (χ2n) is 4.45. The van der Waals surface area contributed by atoms with Gasteiger partial charge >= 0.3 is 0 Å². The van der Waals surface area contributed by atoms with Gasteiger partial charge in [0, 0.05) is 24.2 Å². The van der Waals surface area contributed by atoms with E-state index in [2.05, 4.69) is 11.9 Å². The van der Waals surface area contributed by atoms with Gasteiger partial charge in [-0.25, -0.2) is 0 Å². The summed E-state index contributed by atoms with van der Waals surface area (Å²) in [5.41, 5.74) is 7.28. The van der Waals surface area contributed by atoms with Crippen LogP contribution in [0.4, 0.5) is 0 Å². The van der Waals surface area contributed by atoms with Gasteiger partial charge in [0.05, 0.1) is 6.61 Å². The van der Waals surface area contributed by atoms with E-state index in [-0.39, 0.29) is 6.04 Å². The van der Waals surface area contributed by atoms with E-state index in [1.165, 1.54) is 0 Å². The van der Waals surface area contributed by atoms with Gasteiger partial charge in [-0.2, -0.15) is 0 Å². The van der Waals surface area contributed by atoms with Gasteiger partial charge in [0.25, 0.3) is 0 Å². The first kappa shape index (κ1) is 15.4. The Hall–Kier alpha value is -0.610. The average Bonchev–Trinajstić information content (AvgIpc) is 2.37. The van der Waals surface area contributed by atoms with Crippen molar-refractivity contribution < 1.29 is 4.74 Å². The molecule has 0 amide bonds. The van der Waals surface area contributed by atoms with Crippen molar-refractivity contribution in [3.05, 3.63) is 34.9 Å². The molecule has 0 spiro atoms. The Labute approximate surface area is 115 Å². The molecule has 0 aromatic heterocycles. The Balaban J connectivity index is 2.27. The maximum Gasteiger partial charge on any atom is 0.0593 e. The third-order valence-corrected chi connectivity index (χ3v) is 3.19. The average molecular weight is 271 g/mol. The van der Waals surface area contributed by atoms with Crippen LogP contribution in [0.5, 0.6) is 0 Å². The van der Waals surface area contributed by atoms with Crippen molar-refractivity contribution in [3.63, 3.8) is 0 Å². The number of ether oxygens (including phenoxy) is 1. The smallest absolute Gasteiger partial charge is 0.0593 e. The zero-order valence-electron chi connectivity index (χ0n) is 11.2. The van der Waals surface area contributed by atoms with Gasteiger partial charge in [-0.05, 0) is 44.6 Å². The lowest BCUT2D eigenvalue weighted by Crippen LogP contribution is -2.27. The van der Waals surface area contributed by atoms with E-state index in [1.54, 1.807) is 0 Å². The van der Waals surface area contributed by atoms with Gasteiger partial charge in [-0.3, -0.25) is 0 Å². The quantitative estimate of drug-likeness (QED) is 0.738. The van der Waals surface area contributed by atoms with Crippen molar-refractivity contribution in [2.45, 2.75) is 19.4 Å². The molecule has 0 aliphatic heterocycles. The van der Waals surface area contributed by atoms with E-state index in [4.69, 9.17) is 22.1 Å². The fraction of sp³-hybridized carbons (Fsp3) is 0.571. The number of hydrogen-bond donors (Lipinski definition) is 1. The SMILES string of the molecule is CCOCCN(C)CCC(N)c1ccc(Cl)cc1. The van der Waals surface area contributed by atoms with Gasteiger partial charge in [-0.15, -0.1) is 0 Å². The molecule has 0 aliphatic carbocycles. The summed E-state index contributed by atoms with van der Waals surface area (Å²) in [6.07, 6.45) is 0.935. The molecule has 18 heavy (non-hydrogen) atoms. The Kier molecular flexibility index (Phi) is 7.28. The summed E-state index contributed by atoms with van der Waals surface area (Å²) in [6, 6.07) is 7.82. The van der Waals surface area contributed by atoms with Crippen LogP contribution in [0, 0.1) is 0 Å². The zero-order valence-corrected chi connectivity index (χ0v) is 12.0. The normalized spacial score (nSPS) is 12.9. The molecule has 1 aromatic rings. The number of likely N-dealkylation sites (N-methyl/N-ethyl adjacent to an activating group) is 1. The lowest BCUT2D eigenvalue weighted by atomic mass is 10.0. The van der Waals surface area contributed by atoms with Crippen molar-refractivity contribution in [2.24, 2.45) is 5.73 Å². The molecule has 0 bridgehead atoms. The molecule has 0 radical (unpaired) electrons. The summed E-state index contributed by atoms with van der Waals surface area (Å²) in [4.78, 5) is 2.24. The van der Waals surface area contributed by atoms with Crippen LogP contribution in [0.3, 0.4) is 0 Å². The molecule has 102 valence electrons. The fourth-order valence-corrected chi connectivity index (χ4v) is 1.84. The molecule has 1 rings (SSSR count). The predicted molar refractivity (Wildman–Crippen MR) is 77.0 cm³/mol. The third-order valence-electron chi connectivity index (χ3n) is 2.94. The molecule has 3 nitrogen and oxygen atoms in total. The Morgan fingerprint density at radius 3 is 2.56 bits per heavy atom. The van der Waals surface area contributed by atoms with Gasteiger partial charge in [0.2, 0.25) is 0 Å². The number of benzene rings is 1. The number of halogens is 1. The minimum atomic E-state index is 0.0665. The summed E-state index contributed by atoms with van der Waals surface area (Å²) in [5, 5.41) is 0.750. The largest absolute Gasteiger partial charge is 0.380 e. The molecule has 0 saturated carbocycles. The van der Waals surface area contributed by atoms with Gasteiger partial charge in [-0.1, -0.05) is 23.7 Å². The van der Waals surface area contributed by atoms with Crippen molar-refractivity contribution in [1.29, 1.82) is 0 Å². The molecule has 1 aromatic carbocycles. The molecular weight excluding hydrogens is 248 g/mol. The highest BCUT2D eigenvalue weighted by Crippen LogP contribution is 2.17. The standard InChI is InChI=1S/C14H23ClN2O/c1-3-18-11-10-17(2)9-8-14(16)12-4-6-13(15)7-5-12/h4-7,14H,3,8-11,16H2,1-2H3. The number of nitrogens with two attached hydrogens (primary N) is 1. The molecule has 0 saturated heterocycles. The first-order chi connectivity index (χ1) is 8.63. The van der Waals surface area contributed by atoms with E-state index in [9.17, 15) is 0 Å². The van der Waals surface area contributed by atoms with E-state index in [0.29, 0.717) is 0 Å². The first-order valence-corrected chi connectivity index (χ1v) is 6.78. The summed E-state index contributed by atoms with van der Waals surface area (Å²) in [5.74, 6) is 0. The maximum absolute atomic E-state index is 6.15. The lowest BCUT2D eigenvalue weighted by molar-refractivity contribution is 0.121. The summed E-state index contributed by atoms with van der Waals surface area (Å²) in [6.45, 7) is 5.48. The van der Waals surface area contributed by atoms with Gasteiger partial charge < -0.3 is 15.4 Å². The topological polar surface area (TPSA) is 38.5 Å². The second-order valence-corrected chi connectivity index (χ2v) is 4.88. The maximum atomic E-state index is 6.15. The molecule has 1 unspecified atom stereocenters. The van der Waals surface area contributed by atoms with E-state index in [0.717, 1.165) is 43.3 Å². The Morgan fingerprint density at radius 1 is 1.28 bits per heavy atom. The highest BCUT2D eigenvalue weighted by molar-refractivity contribution is 6.30. The van der Waals surface area contributed by atoms with Crippen LogP contribution in [0.1, 0.15) is 24.9 Å². The minimum Gasteiger partial charge on any atom is -0.380 e. The van der Waals surface area contributed by atoms with Crippen molar-refractivity contribution in [1.82, 2.24) is 4.90 Å². The number of rotatable bonds is 8. The van der Waals surface area contributed by atoms with E-state index in [1.807, 2.05) is 31.2 Å². The highest BCUT2D eigenvalue weighted by Gasteiger charge is 2.07. The van der Waals surface area contributed by atoms with Gasteiger partial charge in [0.1, 0.15) is 0 Å². The second kappa shape index (κ2) is 8.48. The predicted octanol–water partition coefficient (Wildman–Crippen LogP) is 2.70. The van der Waals surface area contributed by atoms with E-state index < -0.39 is 0 Å². The highest BCUT2D eigenvalue weighted by atomic mass is 35.5. The Bertz CT molecular complexity index is 329. The number of nitrogens with zero attached hydrogens (tertiary/aromatic N) is 1. The first-order valence-electron chi connectivity index (χ1n) is 6.40. The third kappa shape index (κ3) is 5.83. The fourth-order valence-electron chi connectivity index (χ4n) is 1.71. The summed E-state index contributed by atoms with van der Waals surface area (Å²) >= 11 is 5.85. The van der Waals surface area contributed by atoms with Crippen molar-refractivity contribution >= 4 is 11.6 Å². The summed E-state index contributed by atoms with van der Waals surface area (Å²) in [7, 11) is 2.09. The van der Waals surface area contributed by atoms with Crippen LogP contribution in [-0.4, -0.2) is 38.3 Å². The molecule has 0 aliphatic rings. The van der Waals surface area contributed by atoms with Crippen LogP contribution in [-0.2, 0) is 4.74 Å². The molecule has 0 fully saturated rings.